The number of hydrazone groups is 1. The highest BCUT2D eigenvalue weighted by molar-refractivity contribution is 6.18. The van der Waals surface area contributed by atoms with Gasteiger partial charge >= 0.3 is 0 Å². The molecule has 0 radical (unpaired) electrons. The van der Waals surface area contributed by atoms with Crippen molar-refractivity contribution in [1.29, 1.82) is 0 Å². The monoisotopic (exact) mass is 353 g/mol. The van der Waals surface area contributed by atoms with Crippen LogP contribution in [0.2, 0.25) is 0 Å². The number of hydrogen-bond donors (Lipinski definition) is 1. The Kier molecular flexibility index (Phi) is 7.17. The molecule has 0 heterocycles. The van der Waals surface area contributed by atoms with E-state index in [1.165, 1.54) is 12.1 Å². The Hall–Kier alpha value is -1.78. The molecular weight excluding hydrogens is 336 g/mol. The molecule has 3 nitrogen and oxygen atoms in total. The van der Waals surface area contributed by atoms with Crippen molar-refractivity contribution in [2.45, 2.75) is 0 Å². The van der Waals surface area contributed by atoms with Crippen LogP contribution in [0.4, 0.5) is 15.8 Å². The molecule has 0 aromatic heterocycles. The zero-order valence-corrected chi connectivity index (χ0v) is 14.1. The molecule has 122 valence electrons. The van der Waals surface area contributed by atoms with Gasteiger partial charge in [-0.1, -0.05) is 12.1 Å². The van der Waals surface area contributed by atoms with Gasteiger partial charge in [-0.05, 0) is 42.0 Å². The van der Waals surface area contributed by atoms with Crippen LogP contribution >= 0.6 is 23.2 Å². The normalized spacial score (nSPS) is 10.9. The average molecular weight is 354 g/mol. The maximum atomic E-state index is 12.8. The van der Waals surface area contributed by atoms with Gasteiger partial charge in [0.1, 0.15) is 5.82 Å². The Morgan fingerprint density at radius 3 is 2.13 bits per heavy atom. The molecule has 2 aromatic rings. The van der Waals surface area contributed by atoms with Crippen molar-refractivity contribution in [2.75, 3.05) is 35.2 Å². The minimum atomic E-state index is -0.270. The van der Waals surface area contributed by atoms with Crippen LogP contribution in [-0.2, 0) is 0 Å². The van der Waals surface area contributed by atoms with E-state index < -0.39 is 0 Å². The molecule has 1 N–H and O–H groups in total. The molecule has 0 aliphatic rings. The number of benzene rings is 2. The fourth-order valence-electron chi connectivity index (χ4n) is 2.05. The largest absolute Gasteiger partial charge is 0.369 e. The predicted molar refractivity (Wildman–Crippen MR) is 97.7 cm³/mol. The van der Waals surface area contributed by atoms with E-state index in [1.54, 1.807) is 18.3 Å². The Morgan fingerprint density at radius 2 is 1.57 bits per heavy atom. The van der Waals surface area contributed by atoms with Crippen molar-refractivity contribution < 1.29 is 4.39 Å². The smallest absolute Gasteiger partial charge is 0.123 e. The first-order valence-corrected chi connectivity index (χ1v) is 8.31. The highest BCUT2D eigenvalue weighted by Crippen LogP contribution is 2.15. The molecule has 6 heteroatoms. The zero-order valence-electron chi connectivity index (χ0n) is 12.6. The third-order valence-electron chi connectivity index (χ3n) is 3.22. The number of halogens is 3. The molecule has 23 heavy (non-hydrogen) atoms. The van der Waals surface area contributed by atoms with E-state index in [0.717, 1.165) is 30.0 Å². The summed E-state index contributed by atoms with van der Waals surface area (Å²) in [7, 11) is 0. The topological polar surface area (TPSA) is 27.6 Å². The van der Waals surface area contributed by atoms with E-state index in [-0.39, 0.29) is 5.82 Å². The van der Waals surface area contributed by atoms with Gasteiger partial charge in [-0.15, -0.1) is 23.2 Å². The molecule has 2 aromatic carbocycles. The summed E-state index contributed by atoms with van der Waals surface area (Å²) in [6, 6.07) is 14.0. The first kappa shape index (κ1) is 17.6. The van der Waals surface area contributed by atoms with Gasteiger partial charge in [0, 0.05) is 30.5 Å². The number of nitrogens with one attached hydrogen (secondary N) is 1. The van der Waals surface area contributed by atoms with E-state index in [1.807, 2.05) is 24.3 Å². The molecule has 0 aliphatic heterocycles. The predicted octanol–water partition coefficient (Wildman–Crippen LogP) is 4.56. The van der Waals surface area contributed by atoms with E-state index in [4.69, 9.17) is 23.2 Å². The summed E-state index contributed by atoms with van der Waals surface area (Å²) in [6.45, 7) is 1.52. The first-order chi connectivity index (χ1) is 11.2. The van der Waals surface area contributed by atoms with Crippen LogP contribution in [0.15, 0.2) is 53.6 Å². The van der Waals surface area contributed by atoms with Gasteiger partial charge in [-0.25, -0.2) is 4.39 Å². The summed E-state index contributed by atoms with van der Waals surface area (Å²) in [6.07, 6.45) is 1.71. The molecule has 0 aliphatic carbocycles. The van der Waals surface area contributed by atoms with Gasteiger partial charge in [-0.2, -0.15) is 5.10 Å². The van der Waals surface area contributed by atoms with Crippen LogP contribution in [0.5, 0.6) is 0 Å². The number of anilines is 2. The summed E-state index contributed by atoms with van der Waals surface area (Å²) in [4.78, 5) is 2.14. The first-order valence-electron chi connectivity index (χ1n) is 7.24. The average Bonchev–Trinajstić information content (AvgIpc) is 2.57. The Labute approximate surface area is 145 Å². The number of alkyl halides is 2. The van der Waals surface area contributed by atoms with E-state index in [0.29, 0.717) is 11.8 Å². The van der Waals surface area contributed by atoms with Crippen LogP contribution in [0.25, 0.3) is 0 Å². The summed E-state index contributed by atoms with van der Waals surface area (Å²) in [5.74, 6) is 0.845. The lowest BCUT2D eigenvalue weighted by atomic mass is 10.2. The maximum absolute atomic E-state index is 12.8. The van der Waals surface area contributed by atoms with Gasteiger partial charge in [0.15, 0.2) is 0 Å². The molecule has 0 atom stereocenters. The molecule has 0 unspecified atom stereocenters. The molecule has 0 bridgehead atoms. The lowest BCUT2D eigenvalue weighted by molar-refractivity contribution is 0.628. The second-order valence-corrected chi connectivity index (χ2v) is 5.59. The van der Waals surface area contributed by atoms with Gasteiger partial charge in [-0.3, -0.25) is 5.43 Å². The summed E-state index contributed by atoms with van der Waals surface area (Å²) >= 11 is 11.6. The Balaban J connectivity index is 1.95. The number of hydrogen-bond acceptors (Lipinski definition) is 3. The van der Waals surface area contributed by atoms with Crippen molar-refractivity contribution in [2.24, 2.45) is 5.10 Å². The Bertz CT molecular complexity index is 609. The molecule has 0 fully saturated rings. The van der Waals surface area contributed by atoms with Crippen LogP contribution in [0.1, 0.15) is 5.56 Å². The minimum absolute atomic E-state index is 0.270. The number of nitrogens with zero attached hydrogens (tertiary/aromatic N) is 2. The lowest BCUT2D eigenvalue weighted by Crippen LogP contribution is -2.27. The molecule has 0 saturated carbocycles. The lowest BCUT2D eigenvalue weighted by Gasteiger charge is -2.22. The Morgan fingerprint density at radius 1 is 0.957 bits per heavy atom. The standard InChI is InChI=1S/C17H18Cl2FN3/c18-9-11-23(12-10-19)17-7-1-14(2-8-17)13-21-22-16-5-3-15(20)4-6-16/h1-8,13,22H,9-12H2/b21-13+. The quantitative estimate of drug-likeness (QED) is 0.428. The third kappa shape index (κ3) is 5.73. The van der Waals surface area contributed by atoms with E-state index in [9.17, 15) is 4.39 Å². The molecule has 0 spiro atoms. The second kappa shape index (κ2) is 9.38. The van der Waals surface area contributed by atoms with E-state index >= 15 is 0 Å². The van der Waals surface area contributed by atoms with Crippen molar-refractivity contribution in [3.05, 3.63) is 59.9 Å². The van der Waals surface area contributed by atoms with Gasteiger partial charge in [0.25, 0.3) is 0 Å². The molecule has 0 saturated heterocycles. The third-order valence-corrected chi connectivity index (χ3v) is 3.56. The molecular formula is C17H18Cl2FN3. The minimum Gasteiger partial charge on any atom is -0.369 e. The maximum Gasteiger partial charge on any atom is 0.123 e. The van der Waals surface area contributed by atoms with Crippen LogP contribution in [-0.4, -0.2) is 31.1 Å². The molecule has 0 amide bonds. The van der Waals surface area contributed by atoms with Gasteiger partial charge in [0.2, 0.25) is 0 Å². The van der Waals surface area contributed by atoms with Crippen LogP contribution in [0.3, 0.4) is 0 Å². The zero-order chi connectivity index (χ0) is 16.5. The fourth-order valence-corrected chi connectivity index (χ4v) is 2.46. The summed E-state index contributed by atoms with van der Waals surface area (Å²) < 4.78 is 12.8. The summed E-state index contributed by atoms with van der Waals surface area (Å²) in [5, 5.41) is 4.14. The van der Waals surface area contributed by atoms with Gasteiger partial charge < -0.3 is 4.90 Å². The second-order valence-electron chi connectivity index (χ2n) is 4.83. The summed E-state index contributed by atoms with van der Waals surface area (Å²) in [5.41, 5.74) is 5.62. The fraction of sp³-hybridized carbons (Fsp3) is 0.235. The SMILES string of the molecule is Fc1ccc(N/N=C/c2ccc(N(CCCl)CCCl)cc2)cc1. The van der Waals surface area contributed by atoms with Crippen molar-refractivity contribution in [1.82, 2.24) is 0 Å². The van der Waals surface area contributed by atoms with Crippen LogP contribution in [0, 0.1) is 5.82 Å². The van der Waals surface area contributed by atoms with Crippen molar-refractivity contribution >= 4 is 40.8 Å². The van der Waals surface area contributed by atoms with Crippen LogP contribution < -0.4 is 10.3 Å². The van der Waals surface area contributed by atoms with Crippen molar-refractivity contribution in [3.63, 3.8) is 0 Å². The van der Waals surface area contributed by atoms with Gasteiger partial charge in [0.05, 0.1) is 11.9 Å². The highest BCUT2D eigenvalue weighted by Gasteiger charge is 2.04. The van der Waals surface area contributed by atoms with E-state index in [2.05, 4.69) is 15.4 Å². The number of rotatable bonds is 8. The highest BCUT2D eigenvalue weighted by atomic mass is 35.5. The molecule has 2 rings (SSSR count). The van der Waals surface area contributed by atoms with Crippen molar-refractivity contribution in [3.8, 4) is 0 Å².